The molecule has 3 nitrogen and oxygen atoms in total. The van der Waals surface area contributed by atoms with Crippen molar-refractivity contribution >= 4 is 27.7 Å². The fraction of sp³-hybridized carbons (Fsp3) is 0.400. The molecule has 0 aliphatic heterocycles. The fourth-order valence-electron chi connectivity index (χ4n) is 1.02. The second kappa shape index (κ2) is 5.75. The zero-order valence-corrected chi connectivity index (χ0v) is 9.67. The zero-order chi connectivity index (χ0) is 10.4. The van der Waals surface area contributed by atoms with E-state index in [1.165, 1.54) is 0 Å². The van der Waals surface area contributed by atoms with Crippen molar-refractivity contribution in [2.75, 3.05) is 5.32 Å². The van der Waals surface area contributed by atoms with Gasteiger partial charge >= 0.3 is 0 Å². The third-order valence-electron chi connectivity index (χ3n) is 1.74. The molecule has 14 heavy (non-hydrogen) atoms. The van der Waals surface area contributed by atoms with Crippen LogP contribution in [-0.4, -0.2) is 10.9 Å². The Kier molecular flexibility index (Phi) is 4.59. The van der Waals surface area contributed by atoms with Gasteiger partial charge in [0.05, 0.1) is 0 Å². The number of unbranched alkanes of at least 4 members (excludes halogenated alkanes) is 1. The Morgan fingerprint density at radius 1 is 1.57 bits per heavy atom. The number of nitrogens with zero attached hydrogens (tertiary/aromatic N) is 1. The lowest BCUT2D eigenvalue weighted by Gasteiger charge is -2.03. The minimum Gasteiger partial charge on any atom is -0.311 e. The molecule has 1 aromatic heterocycles. The van der Waals surface area contributed by atoms with Crippen LogP contribution in [0.15, 0.2) is 22.8 Å². The minimum absolute atomic E-state index is 0.0254. The van der Waals surface area contributed by atoms with Crippen molar-refractivity contribution < 1.29 is 4.79 Å². The van der Waals surface area contributed by atoms with Crippen molar-refractivity contribution in [3.63, 3.8) is 0 Å². The zero-order valence-electron chi connectivity index (χ0n) is 8.09. The summed E-state index contributed by atoms with van der Waals surface area (Å²) in [5.41, 5.74) is 0. The van der Waals surface area contributed by atoms with Gasteiger partial charge < -0.3 is 5.32 Å². The number of amides is 1. The first kappa shape index (κ1) is 11.2. The maximum atomic E-state index is 11.3. The van der Waals surface area contributed by atoms with Gasteiger partial charge in [-0.2, -0.15) is 0 Å². The SMILES string of the molecule is CCCCC(=O)Nc1cccc(Br)n1. The molecule has 0 bridgehead atoms. The van der Waals surface area contributed by atoms with Crippen LogP contribution in [-0.2, 0) is 4.79 Å². The third kappa shape index (κ3) is 3.87. The van der Waals surface area contributed by atoms with Crippen molar-refractivity contribution in [1.82, 2.24) is 4.98 Å². The normalized spacial score (nSPS) is 9.86. The fourth-order valence-corrected chi connectivity index (χ4v) is 1.36. The minimum atomic E-state index is 0.0254. The number of carbonyl (C=O) groups excluding carboxylic acids is 1. The van der Waals surface area contributed by atoms with Crippen LogP contribution in [0, 0.1) is 0 Å². The molecule has 0 unspecified atom stereocenters. The lowest BCUT2D eigenvalue weighted by atomic mass is 10.2. The summed E-state index contributed by atoms with van der Waals surface area (Å²) in [4.78, 5) is 15.4. The molecule has 0 aliphatic carbocycles. The van der Waals surface area contributed by atoms with E-state index in [0.29, 0.717) is 12.2 Å². The molecule has 1 N–H and O–H groups in total. The van der Waals surface area contributed by atoms with E-state index in [1.807, 2.05) is 12.1 Å². The van der Waals surface area contributed by atoms with Gasteiger partial charge in [-0.1, -0.05) is 19.4 Å². The van der Waals surface area contributed by atoms with Crippen molar-refractivity contribution in [3.8, 4) is 0 Å². The standard InChI is InChI=1S/C10H13BrN2O/c1-2-3-7-10(14)13-9-6-4-5-8(11)12-9/h4-6H,2-3,7H2,1H3,(H,12,13,14). The van der Waals surface area contributed by atoms with Crippen LogP contribution in [0.4, 0.5) is 5.82 Å². The predicted octanol–water partition coefficient (Wildman–Crippen LogP) is 2.97. The van der Waals surface area contributed by atoms with E-state index in [9.17, 15) is 4.79 Å². The number of nitrogens with one attached hydrogen (secondary N) is 1. The van der Waals surface area contributed by atoms with Crippen LogP contribution < -0.4 is 5.32 Å². The number of anilines is 1. The van der Waals surface area contributed by atoms with Crippen LogP contribution in [0.25, 0.3) is 0 Å². The van der Waals surface area contributed by atoms with Crippen LogP contribution in [0.5, 0.6) is 0 Å². The average molecular weight is 257 g/mol. The molecule has 1 amide bonds. The molecule has 1 rings (SSSR count). The van der Waals surface area contributed by atoms with Gasteiger partial charge in [-0.3, -0.25) is 4.79 Å². The Morgan fingerprint density at radius 3 is 3.00 bits per heavy atom. The molecule has 0 aliphatic rings. The van der Waals surface area contributed by atoms with Crippen molar-refractivity contribution in [1.29, 1.82) is 0 Å². The van der Waals surface area contributed by atoms with Crippen LogP contribution in [0.2, 0.25) is 0 Å². The molecule has 0 saturated carbocycles. The van der Waals surface area contributed by atoms with Gasteiger partial charge in [0.25, 0.3) is 0 Å². The Balaban J connectivity index is 2.47. The van der Waals surface area contributed by atoms with E-state index in [1.54, 1.807) is 6.07 Å². The van der Waals surface area contributed by atoms with E-state index < -0.39 is 0 Å². The molecule has 0 spiro atoms. The lowest BCUT2D eigenvalue weighted by Crippen LogP contribution is -2.11. The van der Waals surface area contributed by atoms with E-state index in [4.69, 9.17) is 0 Å². The summed E-state index contributed by atoms with van der Waals surface area (Å²) in [5, 5.41) is 2.74. The summed E-state index contributed by atoms with van der Waals surface area (Å²) in [6, 6.07) is 5.43. The number of carbonyl (C=O) groups is 1. The van der Waals surface area contributed by atoms with Crippen LogP contribution >= 0.6 is 15.9 Å². The maximum absolute atomic E-state index is 11.3. The number of hydrogen-bond acceptors (Lipinski definition) is 2. The van der Waals surface area contributed by atoms with Gasteiger partial charge in [-0.15, -0.1) is 0 Å². The Morgan fingerprint density at radius 2 is 2.36 bits per heavy atom. The number of rotatable bonds is 4. The first-order valence-electron chi connectivity index (χ1n) is 4.64. The molecular weight excluding hydrogens is 244 g/mol. The molecule has 0 radical (unpaired) electrons. The van der Waals surface area contributed by atoms with E-state index >= 15 is 0 Å². The summed E-state index contributed by atoms with van der Waals surface area (Å²) in [7, 11) is 0. The van der Waals surface area contributed by atoms with E-state index in [0.717, 1.165) is 17.4 Å². The largest absolute Gasteiger partial charge is 0.311 e. The molecule has 1 aromatic rings. The van der Waals surface area contributed by atoms with Gasteiger partial charge in [0, 0.05) is 6.42 Å². The predicted molar refractivity (Wildman–Crippen MR) is 60.1 cm³/mol. The van der Waals surface area contributed by atoms with Crippen molar-refractivity contribution in [3.05, 3.63) is 22.8 Å². The average Bonchev–Trinajstić information content (AvgIpc) is 2.15. The molecule has 0 atom stereocenters. The van der Waals surface area contributed by atoms with E-state index in [-0.39, 0.29) is 5.91 Å². The van der Waals surface area contributed by atoms with Crippen LogP contribution in [0.3, 0.4) is 0 Å². The molecular formula is C10H13BrN2O. The summed E-state index contributed by atoms with van der Waals surface area (Å²) < 4.78 is 0.728. The smallest absolute Gasteiger partial charge is 0.225 e. The summed E-state index contributed by atoms with van der Waals surface area (Å²) in [6.45, 7) is 2.06. The Labute approximate surface area is 92.1 Å². The van der Waals surface area contributed by atoms with Gasteiger partial charge in [-0.25, -0.2) is 4.98 Å². The van der Waals surface area contributed by atoms with Crippen LogP contribution in [0.1, 0.15) is 26.2 Å². The monoisotopic (exact) mass is 256 g/mol. The molecule has 0 saturated heterocycles. The first-order chi connectivity index (χ1) is 6.72. The Hall–Kier alpha value is -0.900. The number of hydrogen-bond donors (Lipinski definition) is 1. The van der Waals surface area contributed by atoms with E-state index in [2.05, 4.69) is 33.2 Å². The summed E-state index contributed by atoms with van der Waals surface area (Å²) in [6.07, 6.45) is 2.50. The second-order valence-electron chi connectivity index (χ2n) is 3.00. The topological polar surface area (TPSA) is 42.0 Å². The van der Waals surface area contributed by atoms with Crippen molar-refractivity contribution in [2.24, 2.45) is 0 Å². The number of aromatic nitrogens is 1. The Bertz CT molecular complexity index is 315. The van der Waals surface area contributed by atoms with Gasteiger partial charge in [0.1, 0.15) is 10.4 Å². The lowest BCUT2D eigenvalue weighted by molar-refractivity contribution is -0.116. The summed E-state index contributed by atoms with van der Waals surface area (Å²) >= 11 is 3.24. The number of halogens is 1. The third-order valence-corrected chi connectivity index (χ3v) is 2.18. The van der Waals surface area contributed by atoms with Crippen molar-refractivity contribution in [2.45, 2.75) is 26.2 Å². The highest BCUT2D eigenvalue weighted by atomic mass is 79.9. The summed E-state index contributed by atoms with van der Waals surface area (Å²) in [5.74, 6) is 0.623. The highest BCUT2D eigenvalue weighted by Crippen LogP contribution is 2.10. The van der Waals surface area contributed by atoms with Gasteiger partial charge in [-0.05, 0) is 34.5 Å². The quantitative estimate of drug-likeness (QED) is 0.842. The molecule has 4 heteroatoms. The molecule has 0 aromatic carbocycles. The molecule has 76 valence electrons. The van der Waals surface area contributed by atoms with Gasteiger partial charge in [0.2, 0.25) is 5.91 Å². The molecule has 0 fully saturated rings. The highest BCUT2D eigenvalue weighted by Gasteiger charge is 2.01. The first-order valence-corrected chi connectivity index (χ1v) is 5.44. The van der Waals surface area contributed by atoms with Gasteiger partial charge in [0.15, 0.2) is 0 Å². The second-order valence-corrected chi connectivity index (χ2v) is 3.81. The highest BCUT2D eigenvalue weighted by molar-refractivity contribution is 9.10. The molecule has 1 heterocycles. The maximum Gasteiger partial charge on any atom is 0.225 e. The number of pyridine rings is 1.